The van der Waals surface area contributed by atoms with Crippen molar-refractivity contribution in [2.45, 2.75) is 18.4 Å². The average molecular weight is 311 g/mol. The Morgan fingerprint density at radius 2 is 2.36 bits per heavy atom. The molecular formula is C14H18FN3O4. The van der Waals surface area contributed by atoms with E-state index in [0.29, 0.717) is 13.2 Å². The number of carbonyl (C=O) groups is 1. The molecule has 1 aliphatic rings. The number of hydrogen-bond acceptors (Lipinski definition) is 5. The fourth-order valence-corrected chi connectivity index (χ4v) is 2.62. The number of ether oxygens (including phenoxy) is 1. The van der Waals surface area contributed by atoms with E-state index < -0.39 is 16.6 Å². The summed E-state index contributed by atoms with van der Waals surface area (Å²) in [6, 6.07) is 2.97. The van der Waals surface area contributed by atoms with Crippen molar-refractivity contribution in [3.05, 3.63) is 39.7 Å². The lowest BCUT2D eigenvalue weighted by Crippen LogP contribution is -2.53. The summed E-state index contributed by atoms with van der Waals surface area (Å²) in [5.41, 5.74) is -0.944. The van der Waals surface area contributed by atoms with Crippen molar-refractivity contribution in [1.82, 2.24) is 10.6 Å². The summed E-state index contributed by atoms with van der Waals surface area (Å²) >= 11 is 0. The van der Waals surface area contributed by atoms with Gasteiger partial charge in [0.2, 0.25) is 0 Å². The highest BCUT2D eigenvalue weighted by Crippen LogP contribution is 2.20. The first-order valence-corrected chi connectivity index (χ1v) is 6.93. The van der Waals surface area contributed by atoms with Gasteiger partial charge >= 0.3 is 0 Å². The van der Waals surface area contributed by atoms with Gasteiger partial charge in [0.1, 0.15) is 5.82 Å². The molecule has 0 saturated carbocycles. The molecule has 2 N–H and O–H groups in total. The maximum Gasteiger partial charge on any atom is 0.272 e. The van der Waals surface area contributed by atoms with Crippen LogP contribution in [-0.2, 0) is 4.74 Å². The van der Waals surface area contributed by atoms with E-state index in [1.165, 1.54) is 0 Å². The number of halogens is 1. The van der Waals surface area contributed by atoms with Crippen LogP contribution in [0, 0.1) is 15.9 Å². The van der Waals surface area contributed by atoms with Crippen molar-refractivity contribution in [3.8, 4) is 0 Å². The van der Waals surface area contributed by atoms with Crippen LogP contribution in [-0.4, -0.2) is 43.2 Å². The number of nitro benzene ring substituents is 1. The minimum Gasteiger partial charge on any atom is -0.383 e. The van der Waals surface area contributed by atoms with Gasteiger partial charge in [-0.15, -0.1) is 0 Å². The zero-order valence-electron chi connectivity index (χ0n) is 12.2. The van der Waals surface area contributed by atoms with Crippen LogP contribution < -0.4 is 10.6 Å². The van der Waals surface area contributed by atoms with Gasteiger partial charge < -0.3 is 15.4 Å². The van der Waals surface area contributed by atoms with Gasteiger partial charge in [0.25, 0.3) is 11.6 Å². The molecule has 1 atom stereocenters. The molecule has 1 amide bonds. The molecule has 1 aromatic rings. The van der Waals surface area contributed by atoms with Gasteiger partial charge in [-0.25, -0.2) is 4.39 Å². The van der Waals surface area contributed by atoms with Crippen LogP contribution in [0.15, 0.2) is 18.2 Å². The second kappa shape index (κ2) is 6.80. The zero-order valence-corrected chi connectivity index (χ0v) is 12.2. The van der Waals surface area contributed by atoms with Crippen LogP contribution in [0.5, 0.6) is 0 Å². The molecule has 0 bridgehead atoms. The molecule has 1 unspecified atom stereocenters. The van der Waals surface area contributed by atoms with Gasteiger partial charge in [0.05, 0.1) is 28.7 Å². The van der Waals surface area contributed by atoms with Gasteiger partial charge in [-0.2, -0.15) is 0 Å². The number of methoxy groups -OCH3 is 1. The maximum absolute atomic E-state index is 13.8. The molecule has 2 rings (SSSR count). The number of non-ortho nitro benzene ring substituents is 1. The second-order valence-electron chi connectivity index (χ2n) is 5.35. The Morgan fingerprint density at radius 3 is 2.91 bits per heavy atom. The third-order valence-corrected chi connectivity index (χ3v) is 3.75. The smallest absolute Gasteiger partial charge is 0.272 e. The first-order chi connectivity index (χ1) is 10.5. The normalized spacial score (nSPS) is 20.8. The van der Waals surface area contributed by atoms with Gasteiger partial charge in [-0.05, 0) is 25.5 Å². The minimum absolute atomic E-state index is 0.212. The number of carbonyl (C=O) groups excluding carboxylic acids is 1. The molecule has 0 aromatic heterocycles. The highest BCUT2D eigenvalue weighted by atomic mass is 19.1. The van der Waals surface area contributed by atoms with Gasteiger partial charge in [0.15, 0.2) is 0 Å². The molecular weight excluding hydrogens is 293 g/mol. The summed E-state index contributed by atoms with van der Waals surface area (Å²) in [6.45, 7) is 1.58. The van der Waals surface area contributed by atoms with Crippen LogP contribution in [0.4, 0.5) is 10.1 Å². The minimum atomic E-state index is -0.910. The van der Waals surface area contributed by atoms with E-state index in [0.717, 1.165) is 37.6 Å². The van der Waals surface area contributed by atoms with Crippen molar-refractivity contribution < 1.29 is 18.8 Å². The van der Waals surface area contributed by atoms with Crippen molar-refractivity contribution in [2.75, 3.05) is 26.8 Å². The lowest BCUT2D eigenvalue weighted by atomic mass is 9.98. The SMILES string of the molecule is COCC1(CNC(=O)c2ccc([N+](=O)[O-])cc2F)CCCN1. The van der Waals surface area contributed by atoms with Crippen molar-refractivity contribution in [1.29, 1.82) is 0 Å². The molecule has 1 heterocycles. The van der Waals surface area contributed by atoms with Crippen molar-refractivity contribution in [2.24, 2.45) is 0 Å². The number of rotatable bonds is 6. The fraction of sp³-hybridized carbons (Fsp3) is 0.500. The van der Waals surface area contributed by atoms with E-state index in [9.17, 15) is 19.3 Å². The zero-order chi connectivity index (χ0) is 16.2. The number of amides is 1. The summed E-state index contributed by atoms with van der Waals surface area (Å²) < 4.78 is 19.0. The Balaban J connectivity index is 2.04. The highest BCUT2D eigenvalue weighted by molar-refractivity contribution is 5.94. The Bertz CT molecular complexity index is 573. The average Bonchev–Trinajstić information content (AvgIpc) is 2.94. The molecule has 120 valence electrons. The number of nitro groups is 1. The van der Waals surface area contributed by atoms with E-state index in [1.54, 1.807) is 7.11 Å². The molecule has 0 spiro atoms. The highest BCUT2D eigenvalue weighted by Gasteiger charge is 2.34. The van der Waals surface area contributed by atoms with Crippen LogP contribution >= 0.6 is 0 Å². The molecule has 22 heavy (non-hydrogen) atoms. The Kier molecular flexibility index (Phi) is 5.04. The fourth-order valence-electron chi connectivity index (χ4n) is 2.62. The largest absolute Gasteiger partial charge is 0.383 e. The van der Waals surface area contributed by atoms with Crippen molar-refractivity contribution >= 4 is 11.6 Å². The molecule has 8 heteroatoms. The van der Waals surface area contributed by atoms with Gasteiger partial charge in [-0.1, -0.05) is 0 Å². The van der Waals surface area contributed by atoms with E-state index >= 15 is 0 Å². The van der Waals surface area contributed by atoms with Crippen molar-refractivity contribution in [3.63, 3.8) is 0 Å². The van der Waals surface area contributed by atoms with E-state index in [-0.39, 0.29) is 16.8 Å². The lowest BCUT2D eigenvalue weighted by Gasteiger charge is -2.29. The second-order valence-corrected chi connectivity index (χ2v) is 5.35. The molecule has 7 nitrogen and oxygen atoms in total. The first kappa shape index (κ1) is 16.3. The van der Waals surface area contributed by atoms with E-state index in [2.05, 4.69) is 10.6 Å². The third kappa shape index (κ3) is 3.58. The molecule has 1 aromatic carbocycles. The van der Waals surface area contributed by atoms with Gasteiger partial charge in [0, 0.05) is 19.7 Å². The summed E-state index contributed by atoms with van der Waals surface area (Å²) in [7, 11) is 1.58. The van der Waals surface area contributed by atoms with E-state index in [1.807, 2.05) is 0 Å². The first-order valence-electron chi connectivity index (χ1n) is 6.93. The Hall–Kier alpha value is -2.06. The van der Waals surface area contributed by atoms with Gasteiger partial charge in [-0.3, -0.25) is 14.9 Å². The molecule has 0 aliphatic carbocycles. The van der Waals surface area contributed by atoms with Crippen LogP contribution in [0.25, 0.3) is 0 Å². The molecule has 1 fully saturated rings. The number of hydrogen-bond donors (Lipinski definition) is 2. The summed E-state index contributed by atoms with van der Waals surface area (Å²) in [4.78, 5) is 21.9. The third-order valence-electron chi connectivity index (χ3n) is 3.75. The monoisotopic (exact) mass is 311 g/mol. The molecule has 1 aliphatic heterocycles. The lowest BCUT2D eigenvalue weighted by molar-refractivity contribution is -0.385. The molecule has 1 saturated heterocycles. The predicted molar refractivity (Wildman–Crippen MR) is 77.2 cm³/mol. The van der Waals surface area contributed by atoms with Crippen LogP contribution in [0.2, 0.25) is 0 Å². The van der Waals surface area contributed by atoms with Crippen LogP contribution in [0.1, 0.15) is 23.2 Å². The number of benzene rings is 1. The number of nitrogens with zero attached hydrogens (tertiary/aromatic N) is 1. The van der Waals surface area contributed by atoms with Crippen LogP contribution in [0.3, 0.4) is 0 Å². The summed E-state index contributed by atoms with van der Waals surface area (Å²) in [5, 5.41) is 16.5. The number of nitrogens with one attached hydrogen (secondary N) is 2. The standard InChI is InChI=1S/C14H18FN3O4/c1-22-9-14(5-2-6-17-14)8-16-13(19)11-4-3-10(18(20)21)7-12(11)15/h3-4,7,17H,2,5-6,8-9H2,1H3,(H,16,19). The Morgan fingerprint density at radius 1 is 1.59 bits per heavy atom. The van der Waals surface area contributed by atoms with E-state index in [4.69, 9.17) is 4.74 Å². The summed E-state index contributed by atoms with van der Waals surface area (Å²) in [6.07, 6.45) is 1.83. The quantitative estimate of drug-likeness (QED) is 0.609. The maximum atomic E-state index is 13.8. The summed E-state index contributed by atoms with van der Waals surface area (Å²) in [5.74, 6) is -1.51. The topological polar surface area (TPSA) is 93.5 Å². The predicted octanol–water partition coefficient (Wildman–Crippen LogP) is 1.23. The molecule has 0 radical (unpaired) electrons. The Labute approximate surface area is 127 Å².